The summed E-state index contributed by atoms with van der Waals surface area (Å²) in [6.45, 7) is 0. The first-order valence-corrected chi connectivity index (χ1v) is 6.54. The summed E-state index contributed by atoms with van der Waals surface area (Å²) in [4.78, 5) is 35.1. The van der Waals surface area contributed by atoms with Gasteiger partial charge in [-0.3, -0.25) is 20.4 Å². The summed E-state index contributed by atoms with van der Waals surface area (Å²) in [5.74, 6) is -1.21. The number of carbonyl (C=O) groups excluding carboxylic acids is 3. The number of benzene rings is 1. The quantitative estimate of drug-likeness (QED) is 0.601. The molecule has 0 aromatic heterocycles. The Kier molecular flexibility index (Phi) is 3.14. The van der Waals surface area contributed by atoms with Gasteiger partial charge in [0.05, 0.1) is 5.56 Å². The molecule has 6 heteroatoms. The molecule has 0 saturated heterocycles. The van der Waals surface area contributed by atoms with E-state index in [1.54, 1.807) is 24.3 Å². The van der Waals surface area contributed by atoms with Gasteiger partial charge in [0.1, 0.15) is 0 Å². The van der Waals surface area contributed by atoms with Gasteiger partial charge < -0.3 is 4.74 Å². The number of hydrazine groups is 1. The van der Waals surface area contributed by atoms with Crippen LogP contribution < -0.4 is 10.9 Å². The van der Waals surface area contributed by atoms with Crippen LogP contribution >= 0.6 is 0 Å². The van der Waals surface area contributed by atoms with Gasteiger partial charge in [0.25, 0.3) is 5.91 Å². The normalized spacial score (nSPS) is 20.6. The van der Waals surface area contributed by atoms with Gasteiger partial charge in [0, 0.05) is 12.3 Å². The monoisotopic (exact) mass is 274 g/mol. The molecule has 0 radical (unpaired) electrons. The number of carbonyl (C=O) groups is 3. The van der Waals surface area contributed by atoms with E-state index >= 15 is 0 Å². The number of cyclic esters (lactones) is 1. The van der Waals surface area contributed by atoms with Crippen LogP contribution in [0.25, 0.3) is 0 Å². The second-order valence-corrected chi connectivity index (χ2v) is 5.01. The molecule has 1 aliphatic heterocycles. The van der Waals surface area contributed by atoms with Crippen LogP contribution in [-0.2, 0) is 20.7 Å². The minimum atomic E-state index is -0.906. The molecule has 1 unspecified atom stereocenters. The van der Waals surface area contributed by atoms with Gasteiger partial charge in [0.15, 0.2) is 6.10 Å². The molecule has 2 N–H and O–H groups in total. The summed E-state index contributed by atoms with van der Waals surface area (Å²) < 4.78 is 5.08. The number of hydrogen-bond donors (Lipinski definition) is 2. The number of amides is 2. The van der Waals surface area contributed by atoms with Crippen molar-refractivity contribution in [3.63, 3.8) is 0 Å². The Balaban J connectivity index is 1.62. The molecule has 2 aliphatic rings. The highest BCUT2D eigenvalue weighted by Crippen LogP contribution is 2.28. The molecule has 20 heavy (non-hydrogen) atoms. The first kappa shape index (κ1) is 12.7. The lowest BCUT2D eigenvalue weighted by Crippen LogP contribution is -2.49. The van der Waals surface area contributed by atoms with Gasteiger partial charge in [-0.1, -0.05) is 18.2 Å². The number of nitrogens with one attached hydrogen (secondary N) is 2. The number of rotatable bonds is 2. The fraction of sp³-hybridized carbons (Fsp3) is 0.357. The third-order valence-electron chi connectivity index (χ3n) is 3.44. The average molecular weight is 274 g/mol. The van der Waals surface area contributed by atoms with E-state index in [0.29, 0.717) is 12.0 Å². The highest BCUT2D eigenvalue weighted by Gasteiger charge is 2.33. The van der Waals surface area contributed by atoms with Crippen LogP contribution in [0.3, 0.4) is 0 Å². The zero-order chi connectivity index (χ0) is 14.1. The summed E-state index contributed by atoms with van der Waals surface area (Å²) in [6, 6.07) is 7.01. The Hall–Kier alpha value is -2.37. The first-order chi connectivity index (χ1) is 9.65. The molecule has 1 aromatic rings. The van der Waals surface area contributed by atoms with Crippen molar-refractivity contribution in [2.75, 3.05) is 0 Å². The van der Waals surface area contributed by atoms with Crippen LogP contribution in [0.4, 0.5) is 0 Å². The van der Waals surface area contributed by atoms with E-state index in [9.17, 15) is 14.4 Å². The van der Waals surface area contributed by atoms with Crippen molar-refractivity contribution in [3.05, 3.63) is 35.4 Å². The first-order valence-electron chi connectivity index (χ1n) is 6.54. The van der Waals surface area contributed by atoms with Gasteiger partial charge in [-0.15, -0.1) is 0 Å². The Morgan fingerprint density at radius 1 is 1.10 bits per heavy atom. The lowest BCUT2D eigenvalue weighted by molar-refractivity contribution is -0.135. The van der Waals surface area contributed by atoms with E-state index in [2.05, 4.69) is 10.9 Å². The minimum absolute atomic E-state index is 0.00457. The summed E-state index contributed by atoms with van der Waals surface area (Å²) in [5, 5.41) is 0. The van der Waals surface area contributed by atoms with Crippen LogP contribution in [0.15, 0.2) is 24.3 Å². The lowest BCUT2D eigenvalue weighted by atomic mass is 9.98. The zero-order valence-electron chi connectivity index (χ0n) is 10.7. The number of esters is 1. The maximum Gasteiger partial charge on any atom is 0.339 e. The van der Waals surface area contributed by atoms with E-state index in [-0.39, 0.29) is 11.8 Å². The van der Waals surface area contributed by atoms with E-state index in [0.717, 1.165) is 18.4 Å². The fourth-order valence-corrected chi connectivity index (χ4v) is 2.13. The van der Waals surface area contributed by atoms with Crippen molar-refractivity contribution >= 4 is 17.8 Å². The van der Waals surface area contributed by atoms with Gasteiger partial charge in [-0.05, 0) is 24.5 Å². The maximum atomic E-state index is 11.9. The average Bonchev–Trinajstić information content (AvgIpc) is 3.29. The smallest absolute Gasteiger partial charge is 0.339 e. The topological polar surface area (TPSA) is 84.5 Å². The Bertz CT molecular complexity index is 580. The summed E-state index contributed by atoms with van der Waals surface area (Å²) >= 11 is 0. The van der Waals surface area contributed by atoms with Crippen molar-refractivity contribution in [3.8, 4) is 0 Å². The second kappa shape index (κ2) is 4.96. The standard InChI is InChI=1S/C14H14N2O4/c17-12(8-5-6-8)15-16-13(18)11-7-9-3-1-2-4-10(9)14(19)20-11/h1-4,8,11H,5-7H2,(H,15,17)(H,16,18). The van der Waals surface area contributed by atoms with Gasteiger partial charge in [-0.25, -0.2) is 4.79 Å². The predicted molar refractivity (Wildman–Crippen MR) is 68.4 cm³/mol. The van der Waals surface area contributed by atoms with Crippen LogP contribution in [0.5, 0.6) is 0 Å². The van der Waals surface area contributed by atoms with Crippen LogP contribution in [0.1, 0.15) is 28.8 Å². The van der Waals surface area contributed by atoms with Gasteiger partial charge in [-0.2, -0.15) is 0 Å². The molecule has 0 bridgehead atoms. The highest BCUT2D eigenvalue weighted by atomic mass is 16.5. The summed E-state index contributed by atoms with van der Waals surface area (Å²) in [5.41, 5.74) is 5.92. The van der Waals surface area contributed by atoms with Gasteiger partial charge in [0.2, 0.25) is 5.91 Å². The Morgan fingerprint density at radius 2 is 1.80 bits per heavy atom. The van der Waals surface area contributed by atoms with Crippen LogP contribution in [-0.4, -0.2) is 23.9 Å². The van der Waals surface area contributed by atoms with E-state index in [1.807, 2.05) is 0 Å². The molecule has 2 amide bonds. The molecule has 1 aliphatic carbocycles. The molecule has 1 heterocycles. The Morgan fingerprint density at radius 3 is 2.55 bits per heavy atom. The van der Waals surface area contributed by atoms with Crippen molar-refractivity contribution in [2.45, 2.75) is 25.4 Å². The second-order valence-electron chi connectivity index (χ2n) is 5.01. The molecular formula is C14H14N2O4. The van der Waals surface area contributed by atoms with Crippen molar-refractivity contribution in [2.24, 2.45) is 5.92 Å². The summed E-state index contributed by atoms with van der Waals surface area (Å²) in [6.07, 6.45) is 1.12. The predicted octanol–water partition coefficient (Wildman–Crippen LogP) is 0.325. The Labute approximate surface area is 115 Å². The van der Waals surface area contributed by atoms with E-state index in [4.69, 9.17) is 4.74 Å². The third-order valence-corrected chi connectivity index (χ3v) is 3.44. The number of hydrogen-bond acceptors (Lipinski definition) is 4. The van der Waals surface area contributed by atoms with Crippen LogP contribution in [0, 0.1) is 5.92 Å². The molecule has 104 valence electrons. The SMILES string of the molecule is O=C1OC(C(=O)NNC(=O)C2CC2)Cc2ccccc21. The van der Waals surface area contributed by atoms with E-state index in [1.165, 1.54) is 0 Å². The molecule has 1 saturated carbocycles. The minimum Gasteiger partial charge on any atom is -0.448 e. The fourth-order valence-electron chi connectivity index (χ4n) is 2.13. The maximum absolute atomic E-state index is 11.9. The van der Waals surface area contributed by atoms with Crippen molar-refractivity contribution in [1.29, 1.82) is 0 Å². The van der Waals surface area contributed by atoms with Crippen LogP contribution in [0.2, 0.25) is 0 Å². The molecule has 1 atom stereocenters. The lowest BCUT2D eigenvalue weighted by Gasteiger charge is -2.23. The third kappa shape index (κ3) is 2.49. The zero-order valence-corrected chi connectivity index (χ0v) is 10.7. The number of ether oxygens (including phenoxy) is 1. The number of fused-ring (bicyclic) bond motifs is 1. The molecule has 1 aromatic carbocycles. The van der Waals surface area contributed by atoms with Crippen molar-refractivity contribution in [1.82, 2.24) is 10.9 Å². The molecule has 0 spiro atoms. The van der Waals surface area contributed by atoms with Gasteiger partial charge >= 0.3 is 5.97 Å². The molecule has 6 nitrogen and oxygen atoms in total. The largest absolute Gasteiger partial charge is 0.448 e. The molecule has 1 fully saturated rings. The summed E-state index contributed by atoms with van der Waals surface area (Å²) in [7, 11) is 0. The highest BCUT2D eigenvalue weighted by molar-refractivity contribution is 5.96. The molecule has 3 rings (SSSR count). The van der Waals surface area contributed by atoms with E-state index < -0.39 is 18.0 Å². The van der Waals surface area contributed by atoms with Crippen molar-refractivity contribution < 1.29 is 19.1 Å². The molecular weight excluding hydrogens is 260 g/mol.